The quantitative estimate of drug-likeness (QED) is 0.721. The van der Waals surface area contributed by atoms with E-state index in [0.29, 0.717) is 10.8 Å². The van der Waals surface area contributed by atoms with Gasteiger partial charge in [0.25, 0.3) is 0 Å². The fraction of sp³-hybridized carbons (Fsp3) is 0.938. The van der Waals surface area contributed by atoms with E-state index in [-0.39, 0.29) is 11.7 Å². The third-order valence-corrected chi connectivity index (χ3v) is 5.35. The maximum atomic E-state index is 12.0. The molecule has 0 spiro atoms. The highest BCUT2D eigenvalue weighted by atomic mass is 16.6. The summed E-state index contributed by atoms with van der Waals surface area (Å²) in [6.45, 7) is 9.99. The first kappa shape index (κ1) is 13.3. The molecule has 1 saturated heterocycles. The van der Waals surface area contributed by atoms with Crippen molar-refractivity contribution in [3.05, 3.63) is 0 Å². The van der Waals surface area contributed by atoms with E-state index in [0.717, 1.165) is 19.0 Å². The lowest BCUT2D eigenvalue weighted by Gasteiger charge is -2.73. The lowest BCUT2D eigenvalue weighted by molar-refractivity contribution is -0.231. The molecule has 1 heterocycles. The van der Waals surface area contributed by atoms with Crippen molar-refractivity contribution >= 4 is 6.09 Å². The second kappa shape index (κ2) is 3.89. The molecule has 19 heavy (non-hydrogen) atoms. The van der Waals surface area contributed by atoms with Crippen LogP contribution in [0.3, 0.4) is 0 Å². The van der Waals surface area contributed by atoms with Gasteiger partial charge in [-0.25, -0.2) is 4.79 Å². The highest BCUT2D eigenvalue weighted by Crippen LogP contribution is 2.77. The van der Waals surface area contributed by atoms with Crippen molar-refractivity contribution in [3.63, 3.8) is 0 Å². The minimum absolute atomic E-state index is 0.129. The van der Waals surface area contributed by atoms with Gasteiger partial charge in [0.2, 0.25) is 0 Å². The van der Waals surface area contributed by atoms with E-state index in [1.54, 1.807) is 0 Å². The summed E-state index contributed by atoms with van der Waals surface area (Å²) in [7, 11) is 0. The summed E-state index contributed by atoms with van der Waals surface area (Å²) in [6, 6.07) is 0. The van der Waals surface area contributed by atoms with Crippen LogP contribution in [-0.4, -0.2) is 29.7 Å². The molecule has 3 saturated carbocycles. The van der Waals surface area contributed by atoms with Crippen molar-refractivity contribution in [2.24, 2.45) is 16.7 Å². The number of amides is 1. The maximum absolute atomic E-state index is 12.0. The van der Waals surface area contributed by atoms with Gasteiger partial charge in [-0.2, -0.15) is 0 Å². The Bertz CT molecular complexity index is 368. The van der Waals surface area contributed by atoms with E-state index < -0.39 is 0 Å². The monoisotopic (exact) mass is 265 g/mol. The lowest BCUT2D eigenvalue weighted by atomic mass is 9.32. The molecule has 2 bridgehead atoms. The summed E-state index contributed by atoms with van der Waals surface area (Å²) in [5, 5.41) is 0. The first-order valence-electron chi connectivity index (χ1n) is 7.69. The van der Waals surface area contributed by atoms with Crippen LogP contribution in [0.15, 0.2) is 0 Å². The van der Waals surface area contributed by atoms with Gasteiger partial charge in [-0.3, -0.25) is 0 Å². The predicted molar refractivity (Wildman–Crippen MR) is 74.9 cm³/mol. The van der Waals surface area contributed by atoms with Crippen molar-refractivity contribution < 1.29 is 9.53 Å². The second-order valence-corrected chi connectivity index (χ2v) is 8.45. The number of carbonyl (C=O) groups excluding carboxylic acids is 1. The standard InChI is InChI=1S/C16H27NO2/c1-14(2,3)19-13(18)17-7-5-12(6-8-17)16-9-15(4,10-16)11-16/h12H,5-11H2,1-4H3. The number of likely N-dealkylation sites (tertiary alicyclic amines) is 1. The summed E-state index contributed by atoms with van der Waals surface area (Å²) in [5.41, 5.74) is 0.994. The van der Waals surface area contributed by atoms with Crippen LogP contribution < -0.4 is 0 Å². The Labute approximate surface area is 116 Å². The molecule has 0 aromatic carbocycles. The van der Waals surface area contributed by atoms with Gasteiger partial charge in [0.1, 0.15) is 5.60 Å². The Morgan fingerprint density at radius 3 is 2.11 bits per heavy atom. The Kier molecular flexibility index (Phi) is 2.72. The smallest absolute Gasteiger partial charge is 0.410 e. The summed E-state index contributed by atoms with van der Waals surface area (Å²) >= 11 is 0. The van der Waals surface area contributed by atoms with Crippen molar-refractivity contribution in [2.45, 2.75) is 65.4 Å². The van der Waals surface area contributed by atoms with Gasteiger partial charge in [-0.1, -0.05) is 6.92 Å². The van der Waals surface area contributed by atoms with Gasteiger partial charge in [0.05, 0.1) is 0 Å². The number of hydrogen-bond acceptors (Lipinski definition) is 2. The van der Waals surface area contributed by atoms with Gasteiger partial charge in [0, 0.05) is 13.1 Å². The normalized spacial score (nSPS) is 38.4. The van der Waals surface area contributed by atoms with Gasteiger partial charge < -0.3 is 9.64 Å². The van der Waals surface area contributed by atoms with Crippen molar-refractivity contribution in [1.29, 1.82) is 0 Å². The van der Waals surface area contributed by atoms with E-state index in [9.17, 15) is 4.79 Å². The lowest BCUT2D eigenvalue weighted by Crippen LogP contribution is -2.64. The topological polar surface area (TPSA) is 29.5 Å². The Morgan fingerprint density at radius 2 is 1.68 bits per heavy atom. The number of hydrogen-bond donors (Lipinski definition) is 0. The summed E-state index contributed by atoms with van der Waals surface area (Å²) < 4.78 is 5.45. The second-order valence-electron chi connectivity index (χ2n) is 8.45. The first-order chi connectivity index (χ1) is 8.72. The summed E-state index contributed by atoms with van der Waals surface area (Å²) in [5.74, 6) is 0.855. The third kappa shape index (κ3) is 2.25. The molecular formula is C16H27NO2. The Morgan fingerprint density at radius 1 is 1.16 bits per heavy atom. The van der Waals surface area contributed by atoms with Crippen LogP contribution in [0.25, 0.3) is 0 Å². The fourth-order valence-corrected chi connectivity index (χ4v) is 4.83. The first-order valence-corrected chi connectivity index (χ1v) is 7.69. The molecule has 3 nitrogen and oxygen atoms in total. The molecule has 1 aliphatic heterocycles. The Balaban J connectivity index is 1.49. The largest absolute Gasteiger partial charge is 0.444 e. The molecule has 3 aliphatic carbocycles. The molecule has 3 heteroatoms. The summed E-state index contributed by atoms with van der Waals surface area (Å²) in [6.07, 6.45) is 6.55. The highest BCUT2D eigenvalue weighted by molar-refractivity contribution is 5.68. The minimum atomic E-state index is -0.379. The zero-order chi connectivity index (χ0) is 13.9. The molecule has 4 aliphatic rings. The fourth-order valence-electron chi connectivity index (χ4n) is 4.83. The molecular weight excluding hydrogens is 238 g/mol. The SMILES string of the molecule is CC12CC(C3CCN(C(=O)OC(C)(C)C)CC3)(C1)C2. The summed E-state index contributed by atoms with van der Waals surface area (Å²) in [4.78, 5) is 13.9. The van der Waals surface area contributed by atoms with Crippen LogP contribution in [0.4, 0.5) is 4.79 Å². The van der Waals surface area contributed by atoms with Crippen molar-refractivity contribution in [1.82, 2.24) is 4.90 Å². The zero-order valence-electron chi connectivity index (χ0n) is 12.8. The van der Waals surface area contributed by atoms with Crippen LogP contribution in [0.1, 0.15) is 59.8 Å². The van der Waals surface area contributed by atoms with E-state index in [4.69, 9.17) is 4.74 Å². The number of carbonyl (C=O) groups is 1. The average Bonchev–Trinajstić information content (AvgIpc) is 2.21. The molecule has 1 amide bonds. The van der Waals surface area contributed by atoms with E-state index in [2.05, 4.69) is 6.92 Å². The molecule has 0 aromatic rings. The number of piperidine rings is 1. The molecule has 0 atom stereocenters. The number of nitrogens with zero attached hydrogens (tertiary/aromatic N) is 1. The van der Waals surface area contributed by atoms with Gasteiger partial charge in [0.15, 0.2) is 0 Å². The van der Waals surface area contributed by atoms with E-state index in [1.807, 2.05) is 25.7 Å². The van der Waals surface area contributed by atoms with Crippen LogP contribution in [0, 0.1) is 16.7 Å². The number of ether oxygens (including phenoxy) is 1. The maximum Gasteiger partial charge on any atom is 0.410 e. The van der Waals surface area contributed by atoms with Gasteiger partial charge >= 0.3 is 6.09 Å². The molecule has 108 valence electrons. The number of rotatable bonds is 1. The molecule has 4 rings (SSSR count). The molecule has 0 aromatic heterocycles. The van der Waals surface area contributed by atoms with E-state index >= 15 is 0 Å². The van der Waals surface area contributed by atoms with Crippen LogP contribution in [0.5, 0.6) is 0 Å². The van der Waals surface area contributed by atoms with Crippen LogP contribution in [0.2, 0.25) is 0 Å². The van der Waals surface area contributed by atoms with Gasteiger partial charge in [-0.05, 0) is 69.6 Å². The zero-order valence-corrected chi connectivity index (χ0v) is 12.8. The minimum Gasteiger partial charge on any atom is -0.444 e. The van der Waals surface area contributed by atoms with Crippen molar-refractivity contribution in [2.75, 3.05) is 13.1 Å². The van der Waals surface area contributed by atoms with Crippen LogP contribution in [-0.2, 0) is 4.74 Å². The van der Waals surface area contributed by atoms with E-state index in [1.165, 1.54) is 32.1 Å². The molecule has 0 radical (unpaired) electrons. The van der Waals surface area contributed by atoms with Gasteiger partial charge in [-0.15, -0.1) is 0 Å². The molecule has 0 N–H and O–H groups in total. The Hall–Kier alpha value is -0.730. The molecule has 4 fully saturated rings. The average molecular weight is 265 g/mol. The highest BCUT2D eigenvalue weighted by Gasteiger charge is 2.67. The molecule has 0 unspecified atom stereocenters. The predicted octanol–water partition coefficient (Wildman–Crippen LogP) is 3.82. The van der Waals surface area contributed by atoms with Crippen molar-refractivity contribution in [3.8, 4) is 0 Å². The van der Waals surface area contributed by atoms with Crippen LogP contribution >= 0.6 is 0 Å². The third-order valence-electron chi connectivity index (χ3n) is 5.35.